The second kappa shape index (κ2) is 5.89. The van der Waals surface area contributed by atoms with Gasteiger partial charge in [0.2, 0.25) is 5.91 Å². The summed E-state index contributed by atoms with van der Waals surface area (Å²) in [7, 11) is 0. The van der Waals surface area contributed by atoms with Gasteiger partial charge in [-0.2, -0.15) is 0 Å². The maximum absolute atomic E-state index is 11.4. The summed E-state index contributed by atoms with van der Waals surface area (Å²) in [5, 5.41) is 3.45. The fourth-order valence-electron chi connectivity index (χ4n) is 2.45. The minimum atomic E-state index is 0.136. The van der Waals surface area contributed by atoms with Crippen molar-refractivity contribution in [2.45, 2.75) is 39.5 Å². The lowest BCUT2D eigenvalue weighted by Crippen LogP contribution is -2.25. The molecule has 0 aromatic heterocycles. The summed E-state index contributed by atoms with van der Waals surface area (Å²) in [6.07, 6.45) is 4.71. The van der Waals surface area contributed by atoms with Gasteiger partial charge in [0.05, 0.1) is 0 Å². The first-order valence-corrected chi connectivity index (χ1v) is 6.87. The third kappa shape index (κ3) is 2.84. The summed E-state index contributed by atoms with van der Waals surface area (Å²) in [6, 6.07) is 6.32. The van der Waals surface area contributed by atoms with Crippen molar-refractivity contribution in [3.8, 4) is 0 Å². The number of fused-ring (bicyclic) bond motifs is 1. The molecule has 0 bridgehead atoms. The highest BCUT2D eigenvalue weighted by Crippen LogP contribution is 2.30. The molecule has 0 spiro atoms. The first-order chi connectivity index (χ1) is 8.72. The van der Waals surface area contributed by atoms with E-state index in [1.807, 2.05) is 4.90 Å². The highest BCUT2D eigenvalue weighted by molar-refractivity contribution is 5.94. The highest BCUT2D eigenvalue weighted by Gasteiger charge is 2.21. The number of unbranched alkanes of at least 4 members (excludes halogenated alkanes) is 2. The highest BCUT2D eigenvalue weighted by atomic mass is 16.2. The molecule has 0 aliphatic carbocycles. The minimum Gasteiger partial charge on any atom is -0.385 e. The largest absolute Gasteiger partial charge is 0.385 e. The van der Waals surface area contributed by atoms with E-state index in [4.69, 9.17) is 0 Å². The van der Waals surface area contributed by atoms with Gasteiger partial charge in [-0.1, -0.05) is 19.8 Å². The Kier molecular flexibility index (Phi) is 4.24. The third-order valence-corrected chi connectivity index (χ3v) is 3.46. The SMILES string of the molecule is CCCCCNc1ccc2c(c1)CCN2C(C)=O. The van der Waals surface area contributed by atoms with E-state index in [-0.39, 0.29) is 5.91 Å². The molecule has 1 heterocycles. The molecular formula is C15H22N2O. The van der Waals surface area contributed by atoms with Gasteiger partial charge in [-0.15, -0.1) is 0 Å². The van der Waals surface area contributed by atoms with E-state index in [2.05, 4.69) is 30.4 Å². The standard InChI is InChI=1S/C15H22N2O/c1-3-4-5-9-16-14-6-7-15-13(11-14)8-10-17(15)12(2)18/h6-7,11,16H,3-5,8-10H2,1-2H3. The van der Waals surface area contributed by atoms with Gasteiger partial charge in [0.25, 0.3) is 0 Å². The van der Waals surface area contributed by atoms with Crippen molar-refractivity contribution in [1.82, 2.24) is 0 Å². The van der Waals surface area contributed by atoms with Gasteiger partial charge < -0.3 is 10.2 Å². The molecule has 1 amide bonds. The number of rotatable bonds is 5. The average molecular weight is 246 g/mol. The first kappa shape index (κ1) is 12.9. The van der Waals surface area contributed by atoms with Crippen molar-refractivity contribution in [3.05, 3.63) is 23.8 Å². The molecule has 1 N–H and O–H groups in total. The van der Waals surface area contributed by atoms with Gasteiger partial charge in [0.15, 0.2) is 0 Å². The second-order valence-electron chi connectivity index (χ2n) is 4.90. The second-order valence-corrected chi connectivity index (χ2v) is 4.90. The number of hydrogen-bond acceptors (Lipinski definition) is 2. The zero-order valence-corrected chi connectivity index (χ0v) is 11.3. The topological polar surface area (TPSA) is 32.3 Å². The van der Waals surface area contributed by atoms with Crippen molar-refractivity contribution in [1.29, 1.82) is 0 Å². The van der Waals surface area contributed by atoms with E-state index in [1.165, 1.54) is 30.5 Å². The van der Waals surface area contributed by atoms with Crippen LogP contribution in [0.2, 0.25) is 0 Å². The molecule has 3 heteroatoms. The summed E-state index contributed by atoms with van der Waals surface area (Å²) >= 11 is 0. The molecule has 0 atom stereocenters. The first-order valence-electron chi connectivity index (χ1n) is 6.87. The number of nitrogens with one attached hydrogen (secondary N) is 1. The Morgan fingerprint density at radius 1 is 1.39 bits per heavy atom. The number of hydrogen-bond donors (Lipinski definition) is 1. The summed E-state index contributed by atoms with van der Waals surface area (Å²) in [5.41, 5.74) is 3.54. The summed E-state index contributed by atoms with van der Waals surface area (Å²) in [6.45, 7) is 5.70. The van der Waals surface area contributed by atoms with Gasteiger partial charge >= 0.3 is 0 Å². The number of carbonyl (C=O) groups excluding carboxylic acids is 1. The fourth-order valence-corrected chi connectivity index (χ4v) is 2.45. The molecule has 2 rings (SSSR count). The van der Waals surface area contributed by atoms with Crippen molar-refractivity contribution in [2.75, 3.05) is 23.3 Å². The van der Waals surface area contributed by atoms with Crippen LogP contribution in [0, 0.1) is 0 Å². The Balaban J connectivity index is 1.99. The fraction of sp³-hybridized carbons (Fsp3) is 0.533. The van der Waals surface area contributed by atoms with Crippen molar-refractivity contribution in [2.24, 2.45) is 0 Å². The van der Waals surface area contributed by atoms with E-state index >= 15 is 0 Å². The Bertz CT molecular complexity index is 429. The van der Waals surface area contributed by atoms with Crippen LogP contribution >= 0.6 is 0 Å². The molecule has 0 radical (unpaired) electrons. The lowest BCUT2D eigenvalue weighted by Gasteiger charge is -2.15. The summed E-state index contributed by atoms with van der Waals surface area (Å²) < 4.78 is 0. The van der Waals surface area contributed by atoms with Gasteiger partial charge in [0, 0.05) is 31.4 Å². The number of nitrogens with zero attached hydrogens (tertiary/aromatic N) is 1. The molecule has 0 fully saturated rings. The molecule has 1 aromatic carbocycles. The van der Waals surface area contributed by atoms with E-state index < -0.39 is 0 Å². The van der Waals surface area contributed by atoms with Crippen molar-refractivity contribution < 1.29 is 4.79 Å². The molecule has 0 saturated heterocycles. The van der Waals surface area contributed by atoms with Gasteiger partial charge in [-0.25, -0.2) is 0 Å². The van der Waals surface area contributed by atoms with Crippen LogP contribution in [-0.4, -0.2) is 19.0 Å². The number of benzene rings is 1. The number of carbonyl (C=O) groups is 1. The minimum absolute atomic E-state index is 0.136. The molecular weight excluding hydrogens is 224 g/mol. The lowest BCUT2D eigenvalue weighted by atomic mass is 10.1. The van der Waals surface area contributed by atoms with Crippen LogP contribution in [0.4, 0.5) is 11.4 Å². The molecule has 0 saturated carbocycles. The maximum Gasteiger partial charge on any atom is 0.223 e. The normalized spacial score (nSPS) is 13.6. The Hall–Kier alpha value is -1.51. The van der Waals surface area contributed by atoms with E-state index in [1.54, 1.807) is 6.92 Å². The zero-order valence-electron chi connectivity index (χ0n) is 11.3. The molecule has 1 aliphatic rings. The van der Waals surface area contributed by atoms with E-state index in [9.17, 15) is 4.79 Å². The van der Waals surface area contributed by atoms with Crippen LogP contribution in [0.3, 0.4) is 0 Å². The van der Waals surface area contributed by atoms with E-state index in [0.717, 1.165) is 25.2 Å². The third-order valence-electron chi connectivity index (χ3n) is 3.46. The maximum atomic E-state index is 11.4. The predicted octanol–water partition coefficient (Wildman–Crippen LogP) is 3.20. The Morgan fingerprint density at radius 3 is 2.94 bits per heavy atom. The number of amides is 1. The average Bonchev–Trinajstić information content (AvgIpc) is 2.77. The van der Waals surface area contributed by atoms with Crippen LogP contribution in [-0.2, 0) is 11.2 Å². The molecule has 98 valence electrons. The zero-order chi connectivity index (χ0) is 13.0. The Labute approximate surface area is 109 Å². The van der Waals surface area contributed by atoms with Gasteiger partial charge in [0.1, 0.15) is 0 Å². The van der Waals surface area contributed by atoms with Crippen LogP contribution in [0.5, 0.6) is 0 Å². The molecule has 18 heavy (non-hydrogen) atoms. The van der Waals surface area contributed by atoms with Crippen LogP contribution in [0.25, 0.3) is 0 Å². The number of anilines is 2. The molecule has 1 aliphatic heterocycles. The van der Waals surface area contributed by atoms with Crippen molar-refractivity contribution in [3.63, 3.8) is 0 Å². The Morgan fingerprint density at radius 2 is 2.22 bits per heavy atom. The predicted molar refractivity (Wildman–Crippen MR) is 76.2 cm³/mol. The van der Waals surface area contributed by atoms with E-state index in [0.29, 0.717) is 0 Å². The summed E-state index contributed by atoms with van der Waals surface area (Å²) in [4.78, 5) is 13.3. The van der Waals surface area contributed by atoms with Gasteiger partial charge in [-0.3, -0.25) is 4.79 Å². The molecule has 3 nitrogen and oxygen atoms in total. The van der Waals surface area contributed by atoms with Crippen LogP contribution in [0.1, 0.15) is 38.7 Å². The van der Waals surface area contributed by atoms with Crippen LogP contribution < -0.4 is 10.2 Å². The summed E-state index contributed by atoms with van der Waals surface area (Å²) in [5.74, 6) is 0.136. The monoisotopic (exact) mass is 246 g/mol. The molecule has 1 aromatic rings. The van der Waals surface area contributed by atoms with Crippen molar-refractivity contribution >= 4 is 17.3 Å². The lowest BCUT2D eigenvalue weighted by molar-refractivity contribution is -0.116. The van der Waals surface area contributed by atoms with Gasteiger partial charge in [-0.05, 0) is 36.6 Å². The molecule has 0 unspecified atom stereocenters. The van der Waals surface area contributed by atoms with Crippen LogP contribution in [0.15, 0.2) is 18.2 Å². The smallest absolute Gasteiger partial charge is 0.223 e. The quantitative estimate of drug-likeness (QED) is 0.809.